The van der Waals surface area contributed by atoms with Crippen LogP contribution in [0.15, 0.2) is 54.6 Å². The molecule has 1 heterocycles. The van der Waals surface area contributed by atoms with Crippen LogP contribution in [0.2, 0.25) is 0 Å². The van der Waals surface area contributed by atoms with Gasteiger partial charge in [-0.15, -0.1) is 0 Å². The molecule has 2 N–H and O–H groups in total. The fraction of sp³-hybridized carbons (Fsp3) is 0.333. The zero-order valence-electron chi connectivity index (χ0n) is 15.2. The predicted molar refractivity (Wildman–Crippen MR) is 104 cm³/mol. The van der Waals surface area contributed by atoms with Crippen LogP contribution in [0.25, 0.3) is 11.3 Å². The van der Waals surface area contributed by atoms with E-state index in [1.54, 1.807) is 4.80 Å². The molecular formula is C21H26N4O. The van der Waals surface area contributed by atoms with E-state index in [-0.39, 0.29) is 6.61 Å². The van der Waals surface area contributed by atoms with Crippen molar-refractivity contribution in [2.45, 2.75) is 32.9 Å². The molecule has 0 unspecified atom stereocenters. The number of aliphatic hydroxyl groups excluding tert-OH is 1. The molecule has 0 aliphatic rings. The summed E-state index contributed by atoms with van der Waals surface area (Å²) in [5.41, 5.74) is 5.39. The van der Waals surface area contributed by atoms with Crippen molar-refractivity contribution < 1.29 is 5.11 Å². The first-order chi connectivity index (χ1) is 12.8. The highest BCUT2D eigenvalue weighted by atomic mass is 16.2. The quantitative estimate of drug-likeness (QED) is 0.582. The van der Waals surface area contributed by atoms with Crippen molar-refractivity contribution in [1.82, 2.24) is 20.3 Å². The van der Waals surface area contributed by atoms with Crippen molar-refractivity contribution in [3.63, 3.8) is 0 Å². The first-order valence-electron chi connectivity index (χ1n) is 9.13. The smallest absolute Gasteiger partial charge is 0.117 e. The summed E-state index contributed by atoms with van der Waals surface area (Å²) in [4.78, 5) is 1.78. The Bertz CT molecular complexity index is 797. The second kappa shape index (κ2) is 9.27. The maximum Gasteiger partial charge on any atom is 0.117 e. The number of aryl methyl sites for hydroxylation is 1. The van der Waals surface area contributed by atoms with Gasteiger partial charge in [-0.1, -0.05) is 60.2 Å². The van der Waals surface area contributed by atoms with Crippen LogP contribution >= 0.6 is 0 Å². The van der Waals surface area contributed by atoms with Crippen LogP contribution in [-0.4, -0.2) is 33.3 Å². The van der Waals surface area contributed by atoms with Crippen LogP contribution in [0.5, 0.6) is 0 Å². The van der Waals surface area contributed by atoms with Crippen molar-refractivity contribution in [3.8, 4) is 11.3 Å². The summed E-state index contributed by atoms with van der Waals surface area (Å²) in [7, 11) is 0. The van der Waals surface area contributed by atoms with Gasteiger partial charge in [-0.2, -0.15) is 15.0 Å². The number of nitrogens with one attached hydrogen (secondary N) is 1. The van der Waals surface area contributed by atoms with E-state index in [9.17, 15) is 0 Å². The van der Waals surface area contributed by atoms with Crippen LogP contribution in [0.1, 0.15) is 29.7 Å². The highest BCUT2D eigenvalue weighted by Crippen LogP contribution is 2.20. The summed E-state index contributed by atoms with van der Waals surface area (Å²) >= 11 is 0. The first-order valence-corrected chi connectivity index (χ1v) is 9.13. The molecule has 3 aromatic rings. The monoisotopic (exact) mass is 350 g/mol. The fourth-order valence-corrected chi connectivity index (χ4v) is 2.82. The van der Waals surface area contributed by atoms with Gasteiger partial charge in [0.05, 0.1) is 6.54 Å². The van der Waals surface area contributed by atoms with Crippen LogP contribution in [0.4, 0.5) is 0 Å². The third-order valence-corrected chi connectivity index (χ3v) is 4.27. The summed E-state index contributed by atoms with van der Waals surface area (Å²) < 4.78 is 0. The third kappa shape index (κ3) is 5.00. The highest BCUT2D eigenvalue weighted by molar-refractivity contribution is 5.60. The molecule has 5 nitrogen and oxygen atoms in total. The van der Waals surface area contributed by atoms with Crippen molar-refractivity contribution >= 4 is 0 Å². The van der Waals surface area contributed by atoms with Gasteiger partial charge < -0.3 is 10.4 Å². The molecule has 0 saturated carbocycles. The van der Waals surface area contributed by atoms with Gasteiger partial charge in [-0.25, -0.2) is 0 Å². The first kappa shape index (κ1) is 18.3. The molecule has 5 heteroatoms. The number of nitrogens with zero attached hydrogens (tertiary/aromatic N) is 3. The largest absolute Gasteiger partial charge is 0.396 e. The van der Waals surface area contributed by atoms with Gasteiger partial charge in [0.25, 0.3) is 0 Å². The van der Waals surface area contributed by atoms with Crippen molar-refractivity contribution in [2.24, 2.45) is 0 Å². The lowest BCUT2D eigenvalue weighted by Crippen LogP contribution is -2.16. The molecule has 3 rings (SSSR count). The Labute approximate surface area is 154 Å². The van der Waals surface area contributed by atoms with E-state index < -0.39 is 0 Å². The molecule has 0 fully saturated rings. The Morgan fingerprint density at radius 3 is 2.46 bits per heavy atom. The second-order valence-electron chi connectivity index (χ2n) is 6.48. The van der Waals surface area contributed by atoms with E-state index >= 15 is 0 Å². The fourth-order valence-electron chi connectivity index (χ4n) is 2.82. The standard InChI is InChI=1S/C21H26N4O/c1-17-9-11-18(12-10-17)16-25-23-20(15-22-13-5-6-14-26)21(24-25)19-7-3-2-4-8-19/h2-4,7-12,22,26H,5-6,13-16H2,1H3. The summed E-state index contributed by atoms with van der Waals surface area (Å²) in [6.07, 6.45) is 1.77. The molecule has 0 saturated heterocycles. The lowest BCUT2D eigenvalue weighted by atomic mass is 10.1. The molecule has 0 aliphatic heterocycles. The van der Waals surface area contributed by atoms with Crippen molar-refractivity contribution in [2.75, 3.05) is 13.2 Å². The highest BCUT2D eigenvalue weighted by Gasteiger charge is 2.13. The molecule has 0 bridgehead atoms. The number of hydrogen-bond donors (Lipinski definition) is 2. The normalized spacial score (nSPS) is 11.0. The van der Waals surface area contributed by atoms with Gasteiger partial charge >= 0.3 is 0 Å². The van der Waals surface area contributed by atoms with E-state index in [0.29, 0.717) is 13.1 Å². The number of hydrogen-bond acceptors (Lipinski definition) is 4. The van der Waals surface area contributed by atoms with Crippen molar-refractivity contribution in [3.05, 3.63) is 71.4 Å². The minimum Gasteiger partial charge on any atom is -0.396 e. The minimum absolute atomic E-state index is 0.240. The predicted octanol–water partition coefficient (Wildman–Crippen LogP) is 3.16. The number of rotatable bonds is 9. The zero-order chi connectivity index (χ0) is 18.2. The van der Waals surface area contributed by atoms with E-state index in [1.165, 1.54) is 11.1 Å². The van der Waals surface area contributed by atoms with Gasteiger partial charge in [-0.05, 0) is 31.9 Å². The summed E-state index contributed by atoms with van der Waals surface area (Å²) in [5.74, 6) is 0. The molecule has 0 atom stereocenters. The number of aromatic nitrogens is 3. The van der Waals surface area contributed by atoms with Gasteiger partial charge in [0, 0.05) is 18.7 Å². The van der Waals surface area contributed by atoms with Crippen LogP contribution in [0.3, 0.4) is 0 Å². The van der Waals surface area contributed by atoms with E-state index in [4.69, 9.17) is 15.3 Å². The SMILES string of the molecule is Cc1ccc(Cn2nc(CNCCCCO)c(-c3ccccc3)n2)cc1. The van der Waals surface area contributed by atoms with Gasteiger partial charge in [0.15, 0.2) is 0 Å². The third-order valence-electron chi connectivity index (χ3n) is 4.27. The Morgan fingerprint density at radius 1 is 0.962 bits per heavy atom. The average molecular weight is 350 g/mol. The van der Waals surface area contributed by atoms with Gasteiger partial charge in [0.1, 0.15) is 11.4 Å². The van der Waals surface area contributed by atoms with Crippen LogP contribution in [0, 0.1) is 6.92 Å². The van der Waals surface area contributed by atoms with E-state index in [0.717, 1.165) is 36.3 Å². The number of aliphatic hydroxyl groups is 1. The Kier molecular flexibility index (Phi) is 6.52. The Morgan fingerprint density at radius 2 is 1.73 bits per heavy atom. The van der Waals surface area contributed by atoms with Crippen molar-refractivity contribution in [1.29, 1.82) is 0 Å². The Balaban J connectivity index is 1.76. The Hall–Kier alpha value is -2.50. The molecule has 1 aromatic heterocycles. The van der Waals surface area contributed by atoms with Gasteiger partial charge in [0.2, 0.25) is 0 Å². The molecular weight excluding hydrogens is 324 g/mol. The van der Waals surface area contributed by atoms with E-state index in [1.807, 2.05) is 18.2 Å². The molecule has 2 aromatic carbocycles. The molecule has 136 valence electrons. The summed E-state index contributed by atoms with van der Waals surface area (Å²) in [5, 5.41) is 21.7. The lowest BCUT2D eigenvalue weighted by molar-refractivity contribution is 0.283. The number of unbranched alkanes of at least 4 members (excludes halogenated alkanes) is 1. The maximum atomic E-state index is 8.88. The zero-order valence-corrected chi connectivity index (χ0v) is 15.2. The van der Waals surface area contributed by atoms with Crippen LogP contribution < -0.4 is 5.32 Å². The van der Waals surface area contributed by atoms with E-state index in [2.05, 4.69) is 48.6 Å². The van der Waals surface area contributed by atoms with Gasteiger partial charge in [-0.3, -0.25) is 0 Å². The molecule has 0 amide bonds. The second-order valence-corrected chi connectivity index (χ2v) is 6.48. The molecule has 0 radical (unpaired) electrons. The molecule has 26 heavy (non-hydrogen) atoms. The topological polar surface area (TPSA) is 63.0 Å². The summed E-state index contributed by atoms with van der Waals surface area (Å²) in [6.45, 7) is 4.52. The van der Waals surface area contributed by atoms with Crippen LogP contribution in [-0.2, 0) is 13.1 Å². The number of benzene rings is 2. The summed E-state index contributed by atoms with van der Waals surface area (Å²) in [6, 6.07) is 18.6. The average Bonchev–Trinajstić information content (AvgIpc) is 3.07. The minimum atomic E-state index is 0.240. The maximum absolute atomic E-state index is 8.88. The lowest BCUT2D eigenvalue weighted by Gasteiger charge is -2.03. The molecule has 0 aliphatic carbocycles. The molecule has 0 spiro atoms.